The van der Waals surface area contributed by atoms with E-state index >= 15 is 0 Å². The van der Waals surface area contributed by atoms with Gasteiger partial charge in [-0.2, -0.15) is 0 Å². The van der Waals surface area contributed by atoms with Gasteiger partial charge in [-0.05, 0) is 80.0 Å². The summed E-state index contributed by atoms with van der Waals surface area (Å²) in [6.45, 7) is 18.7. The van der Waals surface area contributed by atoms with Gasteiger partial charge in [-0.1, -0.05) is 0 Å². The summed E-state index contributed by atoms with van der Waals surface area (Å²) in [6, 6.07) is 3.29. The SMILES string of the molecule is CC(C)(C)OCCOCCOCCOc1cc(CNC(=O)CN(CCN(CCN(CC(=O)[O-])CC(=O)[O-])CC(=O)[O-])CC(=O)[O-])cc(OCCOCCOCCOC(C)(C)C)c1OCCOCCOCCOC(C)(C)C.[Mn+2].[Na+].[Na+]. The van der Waals surface area contributed by atoms with Crippen LogP contribution in [-0.2, 0) is 90.2 Å². The van der Waals surface area contributed by atoms with E-state index in [2.05, 4.69) is 5.32 Å². The second-order valence-electron chi connectivity index (χ2n) is 20.0. The summed E-state index contributed by atoms with van der Waals surface area (Å²) < 4.78 is 69.7. The summed E-state index contributed by atoms with van der Waals surface area (Å²) in [6.07, 6.45) is 0. The molecule has 0 unspecified atom stereocenters. The number of carbonyl (C=O) groups is 5. The van der Waals surface area contributed by atoms with Crippen molar-refractivity contribution in [2.45, 2.75) is 85.7 Å². The quantitative estimate of drug-likeness (QED) is 0.0468. The predicted octanol–water partition coefficient (Wildman–Crippen LogP) is -9.10. The van der Waals surface area contributed by atoms with E-state index in [1.807, 2.05) is 62.3 Å². The number of rotatable bonds is 48. The number of carboxylic acid groups (broad SMARTS) is 4. The van der Waals surface area contributed by atoms with Crippen LogP contribution in [0.15, 0.2) is 12.1 Å². The van der Waals surface area contributed by atoms with Crippen molar-refractivity contribution >= 4 is 29.8 Å². The van der Waals surface area contributed by atoms with Gasteiger partial charge in [0.25, 0.3) is 0 Å². The summed E-state index contributed by atoms with van der Waals surface area (Å²) in [5, 5.41) is 48.4. The Bertz CT molecular complexity index is 1720. The number of hydrogen-bond acceptors (Lipinski definition) is 24. The van der Waals surface area contributed by atoms with Crippen molar-refractivity contribution in [2.75, 3.05) is 178 Å². The van der Waals surface area contributed by atoms with E-state index in [-0.39, 0.29) is 183 Å². The van der Waals surface area contributed by atoms with Crippen molar-refractivity contribution in [3.63, 3.8) is 0 Å². The van der Waals surface area contributed by atoms with Crippen molar-refractivity contribution in [1.29, 1.82) is 0 Å². The van der Waals surface area contributed by atoms with E-state index in [4.69, 9.17) is 56.8 Å². The number of amides is 1. The molecule has 0 heterocycles. The number of hydrogen-bond donors (Lipinski definition) is 1. The Balaban J connectivity index is -0.0000193. The van der Waals surface area contributed by atoms with Crippen molar-refractivity contribution in [3.05, 3.63) is 17.7 Å². The molecular formula is C51H86MnN4Na2O21. The monoisotopic (exact) mass is 1190 g/mol. The Morgan fingerprint density at radius 2 is 0.671 bits per heavy atom. The van der Waals surface area contributed by atoms with Crippen molar-refractivity contribution < 1.29 is 177 Å². The fraction of sp³-hybridized carbons (Fsp3) is 0.784. The Kier molecular flexibility index (Phi) is 48.7. The third-order valence-electron chi connectivity index (χ3n) is 9.66. The van der Waals surface area contributed by atoms with Crippen molar-refractivity contribution in [2.24, 2.45) is 0 Å². The van der Waals surface area contributed by atoms with E-state index in [0.29, 0.717) is 84.8 Å². The van der Waals surface area contributed by atoms with Gasteiger partial charge >= 0.3 is 76.2 Å². The van der Waals surface area contributed by atoms with Gasteiger partial charge in [-0.25, -0.2) is 0 Å². The van der Waals surface area contributed by atoms with Gasteiger partial charge in [0.15, 0.2) is 11.5 Å². The van der Waals surface area contributed by atoms with Gasteiger partial charge in [-0.3, -0.25) is 19.5 Å². The average molecular weight is 1190 g/mol. The minimum Gasteiger partial charge on any atom is -0.549 e. The third kappa shape index (κ3) is 50.3. The minimum absolute atomic E-state index is 0. The molecule has 79 heavy (non-hydrogen) atoms. The van der Waals surface area contributed by atoms with E-state index in [1.54, 1.807) is 12.1 Å². The fourth-order valence-electron chi connectivity index (χ4n) is 6.35. The molecule has 1 aromatic rings. The zero-order valence-corrected chi connectivity index (χ0v) is 53.9. The molecule has 28 heteroatoms. The molecule has 0 saturated carbocycles. The number of carbonyl (C=O) groups excluding carboxylic acids is 5. The first-order valence-electron chi connectivity index (χ1n) is 25.5. The first kappa shape index (κ1) is 81.2. The van der Waals surface area contributed by atoms with Gasteiger partial charge in [-0.15, -0.1) is 0 Å². The molecule has 0 spiro atoms. The third-order valence-corrected chi connectivity index (χ3v) is 9.66. The molecule has 1 rings (SSSR count). The van der Waals surface area contributed by atoms with Crippen molar-refractivity contribution in [3.8, 4) is 17.2 Å². The van der Waals surface area contributed by atoms with Crippen LogP contribution in [0.3, 0.4) is 0 Å². The Morgan fingerprint density at radius 1 is 0.405 bits per heavy atom. The molecule has 1 radical (unpaired) electrons. The van der Waals surface area contributed by atoms with Gasteiger partial charge < -0.3 is 102 Å². The normalized spacial score (nSPS) is 11.7. The van der Waals surface area contributed by atoms with Crippen LogP contribution in [0.2, 0.25) is 0 Å². The standard InChI is InChI=1S/C51H90N4O21.Mn.2Na/c1-49(2,3)74-29-23-68-17-14-65-20-26-71-41-32-40(34-52-43(56)35-54(37-45(59)60)12-10-53(36-44(57)58)11-13-55(38-46(61)62)39-47(63)64)33-42(72-27-21-66-15-18-69-24-30-75-50(4,5)6)48(41)73-28-22-67-16-19-70-25-31-76-51(7,8)9;;;/h32-33H,10-31,34-39H2,1-9H3,(H,52,56)(H,57,58)(H,59,60)(H,61,62)(H,63,64);;;/q;+2;2*+1/p-4. The maximum atomic E-state index is 13.4. The molecule has 0 aliphatic rings. The second kappa shape index (κ2) is 47.4. The zero-order chi connectivity index (χ0) is 56.8. The van der Waals surface area contributed by atoms with E-state index in [9.17, 15) is 44.4 Å². The summed E-state index contributed by atoms with van der Waals surface area (Å²) in [7, 11) is 0. The molecule has 0 saturated heterocycles. The maximum Gasteiger partial charge on any atom is 2.00 e. The first-order chi connectivity index (χ1) is 35.8. The number of benzene rings is 1. The number of ether oxygens (including phenoxy) is 12. The van der Waals surface area contributed by atoms with Crippen LogP contribution in [0.5, 0.6) is 17.2 Å². The van der Waals surface area contributed by atoms with Crippen LogP contribution in [0.4, 0.5) is 0 Å². The largest absolute Gasteiger partial charge is 2.00 e. The summed E-state index contributed by atoms with van der Waals surface area (Å²) >= 11 is 0. The number of nitrogens with one attached hydrogen (secondary N) is 1. The first-order valence-corrected chi connectivity index (χ1v) is 25.5. The average Bonchev–Trinajstić information content (AvgIpc) is 3.29. The Labute approximate surface area is 521 Å². The molecule has 1 N–H and O–H groups in total. The van der Waals surface area contributed by atoms with Crippen LogP contribution in [0.25, 0.3) is 0 Å². The van der Waals surface area contributed by atoms with E-state index < -0.39 is 62.5 Å². The minimum atomic E-state index is -1.56. The predicted molar refractivity (Wildman–Crippen MR) is 266 cm³/mol. The molecular weight excluding hydrogens is 1110 g/mol. The Hall–Kier alpha value is -1.99. The molecule has 1 aromatic carbocycles. The second-order valence-corrected chi connectivity index (χ2v) is 20.0. The molecule has 0 aliphatic carbocycles. The molecule has 0 atom stereocenters. The fourth-order valence-corrected chi connectivity index (χ4v) is 6.35. The van der Waals surface area contributed by atoms with Crippen LogP contribution in [-0.4, -0.2) is 239 Å². The van der Waals surface area contributed by atoms with Gasteiger partial charge in [0, 0.05) is 58.9 Å². The molecule has 1 amide bonds. The number of carboxylic acids is 4. The Morgan fingerprint density at radius 3 is 0.987 bits per heavy atom. The van der Waals surface area contributed by atoms with Crippen LogP contribution in [0.1, 0.15) is 67.9 Å². The van der Waals surface area contributed by atoms with Gasteiger partial charge in [0.05, 0.1) is 146 Å². The van der Waals surface area contributed by atoms with Crippen LogP contribution in [0, 0.1) is 0 Å². The number of nitrogens with zero attached hydrogens (tertiary/aromatic N) is 3. The van der Waals surface area contributed by atoms with Crippen LogP contribution < -0.4 is 99.1 Å². The van der Waals surface area contributed by atoms with E-state index in [1.165, 1.54) is 9.80 Å². The topological polar surface area (TPSA) is 310 Å². The summed E-state index contributed by atoms with van der Waals surface area (Å²) in [5.41, 5.74) is -0.328. The molecule has 445 valence electrons. The smallest absolute Gasteiger partial charge is 0.549 e. The molecule has 25 nitrogen and oxygen atoms in total. The maximum absolute atomic E-state index is 13.4. The summed E-state index contributed by atoms with van der Waals surface area (Å²) in [5.74, 6) is -6.02. The molecule has 0 fully saturated rings. The summed E-state index contributed by atoms with van der Waals surface area (Å²) in [4.78, 5) is 62.5. The molecule has 0 bridgehead atoms. The number of aliphatic carboxylic acids is 4. The van der Waals surface area contributed by atoms with E-state index in [0.717, 1.165) is 4.90 Å². The van der Waals surface area contributed by atoms with Gasteiger partial charge in [0.2, 0.25) is 11.7 Å². The van der Waals surface area contributed by atoms with Crippen molar-refractivity contribution in [1.82, 2.24) is 20.0 Å². The zero-order valence-electron chi connectivity index (χ0n) is 48.7. The van der Waals surface area contributed by atoms with Gasteiger partial charge in [0.1, 0.15) is 19.8 Å². The molecule has 0 aliphatic heterocycles. The van der Waals surface area contributed by atoms with Crippen LogP contribution >= 0.6 is 0 Å². The molecule has 0 aromatic heterocycles.